The molecule has 9 heteroatoms. The second kappa shape index (κ2) is 6.83. The summed E-state index contributed by atoms with van der Waals surface area (Å²) in [6.07, 6.45) is 2.01. The predicted octanol–water partition coefficient (Wildman–Crippen LogP) is 4.19. The van der Waals surface area contributed by atoms with Gasteiger partial charge in [-0.3, -0.25) is 4.72 Å². The van der Waals surface area contributed by atoms with E-state index in [1.54, 1.807) is 47.2 Å². The summed E-state index contributed by atoms with van der Waals surface area (Å²) in [5.41, 5.74) is -2.94. The molecule has 2 aromatic carbocycles. The maximum absolute atomic E-state index is 12.6. The molecule has 1 aromatic heterocycles. The van der Waals surface area contributed by atoms with Crippen molar-refractivity contribution in [3.8, 4) is 11.1 Å². The van der Waals surface area contributed by atoms with E-state index in [0.717, 1.165) is 11.3 Å². The molecule has 0 amide bonds. The van der Waals surface area contributed by atoms with Crippen LogP contribution in [0.15, 0.2) is 65.4 Å². The molecular formula is C17H13F3N2O3S. The highest BCUT2D eigenvalue weighted by Gasteiger charge is 2.46. The fourth-order valence-corrected chi connectivity index (χ4v) is 2.95. The van der Waals surface area contributed by atoms with Gasteiger partial charge in [0.1, 0.15) is 6.26 Å². The van der Waals surface area contributed by atoms with Gasteiger partial charge in [0.2, 0.25) is 0 Å². The standard InChI is InChI=1S/C17H13F3N2O3S/c18-17(19,20)26(23,24)22-16-4-2-1-3-15(16)13-7-5-12(6-8-13)11-14-9-10-25-21-14/h1-10,22H,11H2. The van der Waals surface area contributed by atoms with Crippen LogP contribution in [0, 0.1) is 0 Å². The molecule has 0 radical (unpaired) electrons. The number of nitrogens with one attached hydrogen (secondary N) is 1. The summed E-state index contributed by atoms with van der Waals surface area (Å²) >= 11 is 0. The van der Waals surface area contributed by atoms with Crippen LogP contribution in [0.1, 0.15) is 11.3 Å². The third kappa shape index (κ3) is 3.88. The Balaban J connectivity index is 1.88. The van der Waals surface area contributed by atoms with Crippen molar-refractivity contribution in [1.82, 2.24) is 5.16 Å². The zero-order valence-electron chi connectivity index (χ0n) is 13.2. The van der Waals surface area contributed by atoms with Crippen LogP contribution in [0.3, 0.4) is 0 Å². The summed E-state index contributed by atoms with van der Waals surface area (Å²) in [6.45, 7) is 0. The van der Waals surface area contributed by atoms with E-state index in [1.807, 2.05) is 0 Å². The number of halogens is 3. The molecule has 0 saturated heterocycles. The minimum Gasteiger partial charge on any atom is -0.365 e. The van der Waals surface area contributed by atoms with Crippen LogP contribution < -0.4 is 4.72 Å². The van der Waals surface area contributed by atoms with Gasteiger partial charge in [-0.2, -0.15) is 21.6 Å². The molecule has 0 saturated carbocycles. The Kier molecular flexibility index (Phi) is 4.73. The zero-order valence-corrected chi connectivity index (χ0v) is 14.0. The topological polar surface area (TPSA) is 72.2 Å². The molecule has 0 aliphatic heterocycles. The van der Waals surface area contributed by atoms with Gasteiger partial charge in [0, 0.05) is 18.1 Å². The Labute approximate surface area is 147 Å². The number of nitrogens with zero attached hydrogens (tertiary/aromatic N) is 1. The summed E-state index contributed by atoms with van der Waals surface area (Å²) in [4.78, 5) is 0. The number of hydrogen-bond acceptors (Lipinski definition) is 4. The van der Waals surface area contributed by atoms with Crippen LogP contribution in [0.5, 0.6) is 0 Å². The minimum absolute atomic E-state index is 0.144. The number of para-hydroxylation sites is 1. The van der Waals surface area contributed by atoms with E-state index in [0.29, 0.717) is 17.5 Å². The molecule has 26 heavy (non-hydrogen) atoms. The van der Waals surface area contributed by atoms with Gasteiger partial charge in [-0.25, -0.2) is 0 Å². The van der Waals surface area contributed by atoms with Gasteiger partial charge in [0.25, 0.3) is 0 Å². The van der Waals surface area contributed by atoms with Gasteiger partial charge < -0.3 is 4.52 Å². The SMILES string of the molecule is O=S(=O)(Nc1ccccc1-c1ccc(Cc2ccon2)cc1)C(F)(F)F. The lowest BCUT2D eigenvalue weighted by atomic mass is 10.0. The number of anilines is 1. The van der Waals surface area contributed by atoms with Gasteiger partial charge in [0.05, 0.1) is 11.4 Å². The van der Waals surface area contributed by atoms with E-state index in [-0.39, 0.29) is 5.69 Å². The number of sulfonamides is 1. The summed E-state index contributed by atoms with van der Waals surface area (Å²) < 4.78 is 67.0. The van der Waals surface area contributed by atoms with E-state index in [4.69, 9.17) is 4.52 Å². The highest BCUT2D eigenvalue weighted by atomic mass is 32.2. The van der Waals surface area contributed by atoms with Gasteiger partial charge in [-0.05, 0) is 17.2 Å². The molecule has 0 aliphatic carbocycles. The molecule has 0 unspecified atom stereocenters. The molecule has 5 nitrogen and oxygen atoms in total. The Hall–Kier alpha value is -2.81. The van der Waals surface area contributed by atoms with E-state index < -0.39 is 15.5 Å². The molecule has 1 N–H and O–H groups in total. The molecule has 0 atom stereocenters. The molecule has 0 fully saturated rings. The monoisotopic (exact) mass is 382 g/mol. The van der Waals surface area contributed by atoms with Crippen molar-refractivity contribution in [1.29, 1.82) is 0 Å². The van der Waals surface area contributed by atoms with Crippen LogP contribution in [0.25, 0.3) is 11.1 Å². The first kappa shape index (κ1) is 18.0. The van der Waals surface area contributed by atoms with E-state index in [1.165, 1.54) is 18.4 Å². The third-order valence-electron chi connectivity index (χ3n) is 3.62. The number of alkyl halides is 3. The first-order valence-corrected chi connectivity index (χ1v) is 8.91. The van der Waals surface area contributed by atoms with E-state index >= 15 is 0 Å². The summed E-state index contributed by atoms with van der Waals surface area (Å²) in [7, 11) is -5.49. The Bertz CT molecular complexity index is 983. The Morgan fingerprint density at radius 3 is 2.31 bits per heavy atom. The highest BCUT2D eigenvalue weighted by Crippen LogP contribution is 2.32. The van der Waals surface area contributed by atoms with Crippen molar-refractivity contribution in [2.45, 2.75) is 11.9 Å². The first-order valence-electron chi connectivity index (χ1n) is 7.43. The average Bonchev–Trinajstić information content (AvgIpc) is 3.08. The maximum atomic E-state index is 12.6. The third-order valence-corrected chi connectivity index (χ3v) is 4.72. The van der Waals surface area contributed by atoms with Gasteiger partial charge in [0.15, 0.2) is 0 Å². The number of benzene rings is 2. The van der Waals surface area contributed by atoms with Crippen molar-refractivity contribution < 1.29 is 26.1 Å². The predicted molar refractivity (Wildman–Crippen MR) is 89.8 cm³/mol. The molecule has 136 valence electrons. The van der Waals surface area contributed by atoms with Crippen molar-refractivity contribution in [3.63, 3.8) is 0 Å². The Morgan fingerprint density at radius 2 is 1.69 bits per heavy atom. The maximum Gasteiger partial charge on any atom is 0.516 e. The second-order valence-corrected chi connectivity index (χ2v) is 7.14. The van der Waals surface area contributed by atoms with Crippen LogP contribution in [0.2, 0.25) is 0 Å². The number of hydrogen-bond donors (Lipinski definition) is 1. The fraction of sp³-hybridized carbons (Fsp3) is 0.118. The number of aromatic nitrogens is 1. The smallest absolute Gasteiger partial charge is 0.365 e. The molecule has 3 rings (SSSR count). The van der Waals surface area contributed by atoms with Gasteiger partial charge in [-0.15, -0.1) is 0 Å². The lowest BCUT2D eigenvalue weighted by Gasteiger charge is -2.14. The largest absolute Gasteiger partial charge is 0.516 e. The highest BCUT2D eigenvalue weighted by molar-refractivity contribution is 7.93. The molecule has 0 bridgehead atoms. The molecule has 1 heterocycles. The van der Waals surface area contributed by atoms with Crippen molar-refractivity contribution in [3.05, 3.63) is 72.1 Å². The quantitative estimate of drug-likeness (QED) is 0.718. The van der Waals surface area contributed by atoms with Crippen LogP contribution >= 0.6 is 0 Å². The van der Waals surface area contributed by atoms with Crippen LogP contribution in [-0.2, 0) is 16.4 Å². The first-order chi connectivity index (χ1) is 12.3. The second-order valence-electron chi connectivity index (χ2n) is 5.46. The molecular weight excluding hydrogens is 369 g/mol. The fourth-order valence-electron chi connectivity index (χ4n) is 2.37. The van der Waals surface area contributed by atoms with E-state index in [9.17, 15) is 21.6 Å². The lowest BCUT2D eigenvalue weighted by molar-refractivity contribution is -0.0429. The minimum atomic E-state index is -5.49. The Morgan fingerprint density at radius 1 is 1.00 bits per heavy atom. The lowest BCUT2D eigenvalue weighted by Crippen LogP contribution is -2.30. The molecule has 0 spiro atoms. The van der Waals surface area contributed by atoms with Gasteiger partial charge >= 0.3 is 15.5 Å². The van der Waals surface area contributed by atoms with E-state index in [2.05, 4.69) is 5.16 Å². The van der Waals surface area contributed by atoms with Crippen molar-refractivity contribution >= 4 is 15.7 Å². The zero-order chi connectivity index (χ0) is 18.8. The van der Waals surface area contributed by atoms with Crippen LogP contribution in [0.4, 0.5) is 18.9 Å². The summed E-state index contributed by atoms with van der Waals surface area (Å²) in [5, 5.41) is 3.81. The van der Waals surface area contributed by atoms with Crippen LogP contribution in [-0.4, -0.2) is 19.1 Å². The average molecular weight is 382 g/mol. The van der Waals surface area contributed by atoms with Gasteiger partial charge in [-0.1, -0.05) is 47.6 Å². The number of rotatable bonds is 5. The van der Waals surface area contributed by atoms with Crippen molar-refractivity contribution in [2.24, 2.45) is 0 Å². The van der Waals surface area contributed by atoms with Crippen molar-refractivity contribution in [2.75, 3.05) is 4.72 Å². The molecule has 3 aromatic rings. The summed E-state index contributed by atoms with van der Waals surface area (Å²) in [5.74, 6) is 0. The molecule has 0 aliphatic rings. The summed E-state index contributed by atoms with van der Waals surface area (Å²) in [6, 6.07) is 14.6. The normalized spacial score (nSPS) is 12.1.